The minimum Gasteiger partial charge on any atom is -0.335 e. The Balaban J connectivity index is 1.70. The van der Waals surface area contributed by atoms with Crippen LogP contribution in [0.3, 0.4) is 0 Å². The lowest BCUT2D eigenvalue weighted by Gasteiger charge is -2.14. The number of aryl methyl sites for hydroxylation is 1. The number of hydrogen-bond donors (Lipinski definition) is 2. The molecular formula is C18H23N7OS. The second kappa shape index (κ2) is 7.83. The number of rotatable bonds is 6. The normalized spacial score (nSPS) is 12.3. The van der Waals surface area contributed by atoms with Gasteiger partial charge in [0, 0.05) is 17.7 Å². The Morgan fingerprint density at radius 2 is 1.85 bits per heavy atom. The fourth-order valence-electron chi connectivity index (χ4n) is 2.52. The number of nitrogens with zero attached hydrogens (tertiary/aromatic N) is 5. The number of carbonyl (C=O) groups excluding carboxylic acids is 1. The van der Waals surface area contributed by atoms with Crippen LogP contribution in [0, 0.1) is 6.92 Å². The van der Waals surface area contributed by atoms with Crippen molar-refractivity contribution in [2.24, 2.45) is 0 Å². The third-order valence-corrected chi connectivity index (χ3v) is 5.09. The highest BCUT2D eigenvalue weighted by Crippen LogP contribution is 2.26. The van der Waals surface area contributed by atoms with Gasteiger partial charge in [0.1, 0.15) is 5.82 Å². The highest BCUT2D eigenvalue weighted by molar-refractivity contribution is 8.00. The van der Waals surface area contributed by atoms with E-state index in [1.165, 1.54) is 16.4 Å². The van der Waals surface area contributed by atoms with Gasteiger partial charge in [-0.15, -0.1) is 10.2 Å². The van der Waals surface area contributed by atoms with Crippen LogP contribution in [0.1, 0.15) is 32.4 Å². The van der Waals surface area contributed by atoms with Gasteiger partial charge in [-0.2, -0.15) is 5.10 Å². The zero-order valence-corrected chi connectivity index (χ0v) is 16.6. The fraction of sp³-hybridized carbons (Fsp3) is 0.333. The molecule has 0 fully saturated rings. The molecule has 8 nitrogen and oxygen atoms in total. The number of aromatic nitrogens is 5. The Hall–Kier alpha value is -2.81. The van der Waals surface area contributed by atoms with E-state index in [4.69, 9.17) is 5.84 Å². The number of carbonyl (C=O) groups is 1. The van der Waals surface area contributed by atoms with Crippen LogP contribution in [0.5, 0.6) is 0 Å². The van der Waals surface area contributed by atoms with E-state index in [1.54, 1.807) is 23.9 Å². The summed E-state index contributed by atoms with van der Waals surface area (Å²) in [6.45, 7) is 7.83. The molecule has 3 aromatic rings. The maximum Gasteiger partial charge on any atom is 0.238 e. The lowest BCUT2D eigenvalue weighted by Crippen LogP contribution is -2.25. The standard InChI is InChI=1S/C18H23N7OS/c1-11(2)25-15(9-10-20-25)21-17(26)13(4)27-18-23-22-16(24(18)19)14-7-5-12(3)6-8-14/h5-11,13H,19H2,1-4H3,(H,21,26)/t13-/m1/s1. The second-order valence-electron chi connectivity index (χ2n) is 6.55. The summed E-state index contributed by atoms with van der Waals surface area (Å²) in [7, 11) is 0. The zero-order valence-electron chi connectivity index (χ0n) is 15.7. The van der Waals surface area contributed by atoms with Crippen LogP contribution >= 0.6 is 11.8 Å². The molecule has 0 radical (unpaired) electrons. The smallest absolute Gasteiger partial charge is 0.238 e. The Morgan fingerprint density at radius 3 is 2.52 bits per heavy atom. The summed E-state index contributed by atoms with van der Waals surface area (Å²) < 4.78 is 3.17. The highest BCUT2D eigenvalue weighted by Gasteiger charge is 2.21. The van der Waals surface area contributed by atoms with E-state index in [1.807, 2.05) is 45.0 Å². The molecule has 0 spiro atoms. The summed E-state index contributed by atoms with van der Waals surface area (Å²) in [5, 5.41) is 15.5. The number of nitrogens with one attached hydrogen (secondary N) is 1. The summed E-state index contributed by atoms with van der Waals surface area (Å²) in [6.07, 6.45) is 1.66. The number of nitrogen functional groups attached to an aromatic ring is 1. The van der Waals surface area contributed by atoms with Crippen molar-refractivity contribution in [3.05, 3.63) is 42.1 Å². The van der Waals surface area contributed by atoms with Crippen molar-refractivity contribution in [3.63, 3.8) is 0 Å². The van der Waals surface area contributed by atoms with Crippen LogP contribution in [-0.2, 0) is 4.79 Å². The van der Waals surface area contributed by atoms with Gasteiger partial charge >= 0.3 is 0 Å². The van der Waals surface area contributed by atoms with Gasteiger partial charge in [0.05, 0.1) is 11.4 Å². The van der Waals surface area contributed by atoms with E-state index in [0.717, 1.165) is 11.1 Å². The molecule has 3 N–H and O–H groups in total. The molecular weight excluding hydrogens is 362 g/mol. The van der Waals surface area contributed by atoms with Crippen molar-refractivity contribution in [1.82, 2.24) is 24.7 Å². The number of anilines is 1. The topological polar surface area (TPSA) is 104 Å². The molecule has 0 saturated heterocycles. The van der Waals surface area contributed by atoms with E-state index in [9.17, 15) is 4.79 Å². The number of benzene rings is 1. The van der Waals surface area contributed by atoms with Crippen LogP contribution in [0.15, 0.2) is 41.7 Å². The van der Waals surface area contributed by atoms with E-state index in [-0.39, 0.29) is 11.9 Å². The van der Waals surface area contributed by atoms with Crippen LogP contribution in [0.2, 0.25) is 0 Å². The lowest BCUT2D eigenvalue weighted by molar-refractivity contribution is -0.115. The van der Waals surface area contributed by atoms with Crippen molar-refractivity contribution < 1.29 is 4.79 Å². The molecule has 0 aliphatic carbocycles. The van der Waals surface area contributed by atoms with Crippen molar-refractivity contribution in [2.45, 2.75) is 44.1 Å². The quantitative estimate of drug-likeness (QED) is 0.499. The Labute approximate surface area is 162 Å². The molecule has 142 valence electrons. The molecule has 1 atom stereocenters. The highest BCUT2D eigenvalue weighted by atomic mass is 32.2. The maximum atomic E-state index is 12.5. The predicted octanol–water partition coefficient (Wildman–Crippen LogP) is 2.86. The number of hydrogen-bond acceptors (Lipinski definition) is 6. The van der Waals surface area contributed by atoms with Gasteiger partial charge in [-0.05, 0) is 27.7 Å². The lowest BCUT2D eigenvalue weighted by atomic mass is 10.1. The van der Waals surface area contributed by atoms with Crippen molar-refractivity contribution >= 4 is 23.5 Å². The summed E-state index contributed by atoms with van der Waals surface area (Å²) in [6, 6.07) is 9.80. The van der Waals surface area contributed by atoms with Crippen molar-refractivity contribution in [3.8, 4) is 11.4 Å². The van der Waals surface area contributed by atoms with Crippen molar-refractivity contribution in [1.29, 1.82) is 0 Å². The van der Waals surface area contributed by atoms with Gasteiger partial charge in [0.15, 0.2) is 5.82 Å². The third kappa shape index (κ3) is 4.13. The average Bonchev–Trinajstić information content (AvgIpc) is 3.23. The molecule has 0 unspecified atom stereocenters. The summed E-state index contributed by atoms with van der Waals surface area (Å²) in [5.41, 5.74) is 2.03. The number of thioether (sulfide) groups is 1. The van der Waals surface area contributed by atoms with E-state index in [0.29, 0.717) is 16.8 Å². The zero-order chi connectivity index (χ0) is 19.6. The molecule has 1 aromatic carbocycles. The molecule has 9 heteroatoms. The molecule has 0 bridgehead atoms. The van der Waals surface area contributed by atoms with E-state index >= 15 is 0 Å². The summed E-state index contributed by atoms with van der Waals surface area (Å²) >= 11 is 1.26. The molecule has 27 heavy (non-hydrogen) atoms. The van der Waals surface area contributed by atoms with Gasteiger partial charge < -0.3 is 11.2 Å². The van der Waals surface area contributed by atoms with Gasteiger partial charge in [0.25, 0.3) is 0 Å². The largest absolute Gasteiger partial charge is 0.335 e. The van der Waals surface area contributed by atoms with Crippen molar-refractivity contribution in [2.75, 3.05) is 11.2 Å². The SMILES string of the molecule is Cc1ccc(-c2nnc(S[C@H](C)C(=O)Nc3ccnn3C(C)C)n2N)cc1. The Kier molecular flexibility index (Phi) is 5.50. The molecule has 0 aliphatic heterocycles. The monoisotopic (exact) mass is 385 g/mol. The minimum absolute atomic E-state index is 0.151. The van der Waals surface area contributed by atoms with Crippen LogP contribution < -0.4 is 11.2 Å². The third-order valence-electron chi connectivity index (χ3n) is 4.04. The molecule has 0 aliphatic rings. The second-order valence-corrected chi connectivity index (χ2v) is 7.85. The first-order valence-corrected chi connectivity index (χ1v) is 9.53. The molecule has 0 saturated carbocycles. The predicted molar refractivity (Wildman–Crippen MR) is 107 cm³/mol. The van der Waals surface area contributed by atoms with Gasteiger partial charge in [0.2, 0.25) is 11.1 Å². The van der Waals surface area contributed by atoms with Crippen LogP contribution in [-0.4, -0.2) is 35.8 Å². The van der Waals surface area contributed by atoms with Gasteiger partial charge in [-0.3, -0.25) is 4.79 Å². The minimum atomic E-state index is -0.405. The Bertz CT molecular complexity index is 930. The average molecular weight is 385 g/mol. The molecule has 2 aromatic heterocycles. The van der Waals surface area contributed by atoms with Gasteiger partial charge in [-0.25, -0.2) is 9.36 Å². The van der Waals surface area contributed by atoms with E-state index < -0.39 is 5.25 Å². The summed E-state index contributed by atoms with van der Waals surface area (Å²) in [5.74, 6) is 7.22. The molecule has 1 amide bonds. The number of nitrogens with two attached hydrogens (primary N) is 1. The number of amides is 1. The molecule has 2 heterocycles. The first-order valence-electron chi connectivity index (χ1n) is 8.65. The molecule has 3 rings (SSSR count). The van der Waals surface area contributed by atoms with Gasteiger partial charge in [-0.1, -0.05) is 41.6 Å². The fourth-order valence-corrected chi connectivity index (χ4v) is 3.29. The Morgan fingerprint density at radius 1 is 1.15 bits per heavy atom. The first-order chi connectivity index (χ1) is 12.9. The maximum absolute atomic E-state index is 12.5. The van der Waals surface area contributed by atoms with Crippen LogP contribution in [0.25, 0.3) is 11.4 Å². The van der Waals surface area contributed by atoms with Crippen LogP contribution in [0.4, 0.5) is 5.82 Å². The van der Waals surface area contributed by atoms with E-state index in [2.05, 4.69) is 20.6 Å². The first kappa shape index (κ1) is 19.0. The summed E-state index contributed by atoms with van der Waals surface area (Å²) in [4.78, 5) is 12.5.